The minimum absolute atomic E-state index is 0.631. The van der Waals surface area contributed by atoms with Gasteiger partial charge >= 0.3 is 0 Å². The predicted molar refractivity (Wildman–Crippen MR) is 62.8 cm³/mol. The predicted octanol–water partition coefficient (Wildman–Crippen LogP) is 1.93. The lowest BCUT2D eigenvalue weighted by atomic mass is 10.1. The highest BCUT2D eigenvalue weighted by molar-refractivity contribution is 5.41. The highest BCUT2D eigenvalue weighted by Gasteiger charge is 2.14. The molecule has 0 radical (unpaired) electrons. The molecule has 0 spiro atoms. The summed E-state index contributed by atoms with van der Waals surface area (Å²) in [4.78, 5) is 4.20. The third-order valence-corrected chi connectivity index (χ3v) is 2.65. The summed E-state index contributed by atoms with van der Waals surface area (Å²) in [5, 5.41) is 3.36. The Morgan fingerprint density at radius 3 is 3.12 bits per heavy atom. The van der Waals surface area contributed by atoms with Gasteiger partial charge in [-0.1, -0.05) is 0 Å². The first-order valence-electron chi connectivity index (χ1n) is 5.79. The molecule has 0 bridgehead atoms. The van der Waals surface area contributed by atoms with Gasteiger partial charge in [-0.2, -0.15) is 0 Å². The van der Waals surface area contributed by atoms with Gasteiger partial charge in [-0.15, -0.1) is 0 Å². The molecule has 1 aromatic rings. The second-order valence-corrected chi connectivity index (χ2v) is 3.93. The summed E-state index contributed by atoms with van der Waals surface area (Å²) in [6, 6.07) is 3.88. The average Bonchev–Trinajstić information content (AvgIpc) is 2.82. The molecule has 1 aromatic heterocycles. The van der Waals surface area contributed by atoms with Gasteiger partial charge in [-0.05, 0) is 19.4 Å². The summed E-state index contributed by atoms with van der Waals surface area (Å²) in [6.07, 6.45) is 2.96. The van der Waals surface area contributed by atoms with Crippen molar-refractivity contribution in [1.29, 1.82) is 0 Å². The first-order chi connectivity index (χ1) is 7.88. The van der Waals surface area contributed by atoms with Crippen LogP contribution in [0.1, 0.15) is 13.3 Å². The quantitative estimate of drug-likeness (QED) is 0.826. The van der Waals surface area contributed by atoms with Crippen LogP contribution >= 0.6 is 0 Å². The molecule has 1 N–H and O–H groups in total. The van der Waals surface area contributed by atoms with Crippen molar-refractivity contribution in [2.75, 3.05) is 31.7 Å². The van der Waals surface area contributed by atoms with Crippen molar-refractivity contribution in [1.82, 2.24) is 4.98 Å². The molecule has 4 nitrogen and oxygen atoms in total. The van der Waals surface area contributed by atoms with Gasteiger partial charge in [0.1, 0.15) is 0 Å². The number of nitrogens with one attached hydrogen (secondary N) is 1. The first kappa shape index (κ1) is 11.2. The number of ether oxygens (including phenoxy) is 2. The highest BCUT2D eigenvalue weighted by Crippen LogP contribution is 2.15. The van der Waals surface area contributed by atoms with Gasteiger partial charge in [-0.25, -0.2) is 4.98 Å². The SMILES string of the molecule is CCOc1ccc(NCC2CCOC2)cn1. The zero-order chi connectivity index (χ0) is 11.2. The molecule has 0 aromatic carbocycles. The van der Waals surface area contributed by atoms with E-state index >= 15 is 0 Å². The van der Waals surface area contributed by atoms with E-state index in [1.807, 2.05) is 19.1 Å². The van der Waals surface area contributed by atoms with Gasteiger partial charge in [-0.3, -0.25) is 0 Å². The summed E-state index contributed by atoms with van der Waals surface area (Å²) in [7, 11) is 0. The Hall–Kier alpha value is -1.29. The van der Waals surface area contributed by atoms with E-state index in [-0.39, 0.29) is 0 Å². The van der Waals surface area contributed by atoms with E-state index in [0.717, 1.165) is 31.9 Å². The maximum Gasteiger partial charge on any atom is 0.213 e. The lowest BCUT2D eigenvalue weighted by Crippen LogP contribution is -2.14. The van der Waals surface area contributed by atoms with E-state index in [1.165, 1.54) is 0 Å². The third-order valence-electron chi connectivity index (χ3n) is 2.65. The molecule has 0 amide bonds. The van der Waals surface area contributed by atoms with E-state index in [4.69, 9.17) is 9.47 Å². The van der Waals surface area contributed by atoms with Crippen LogP contribution in [0.25, 0.3) is 0 Å². The fraction of sp³-hybridized carbons (Fsp3) is 0.583. The van der Waals surface area contributed by atoms with Crippen LogP contribution in [-0.4, -0.2) is 31.3 Å². The number of hydrogen-bond donors (Lipinski definition) is 1. The van der Waals surface area contributed by atoms with Crippen molar-refractivity contribution in [2.24, 2.45) is 5.92 Å². The van der Waals surface area contributed by atoms with Crippen molar-refractivity contribution in [3.63, 3.8) is 0 Å². The Labute approximate surface area is 96.0 Å². The van der Waals surface area contributed by atoms with E-state index in [1.54, 1.807) is 6.20 Å². The number of rotatable bonds is 5. The topological polar surface area (TPSA) is 43.4 Å². The molecule has 2 heterocycles. The monoisotopic (exact) mass is 222 g/mol. The average molecular weight is 222 g/mol. The van der Waals surface area contributed by atoms with Crippen molar-refractivity contribution < 1.29 is 9.47 Å². The van der Waals surface area contributed by atoms with Gasteiger partial charge in [0.05, 0.1) is 25.1 Å². The molecular formula is C12H18N2O2. The number of hydrogen-bond acceptors (Lipinski definition) is 4. The maximum atomic E-state index is 5.32. The molecule has 1 aliphatic rings. The highest BCUT2D eigenvalue weighted by atomic mass is 16.5. The molecule has 1 aliphatic heterocycles. The molecule has 16 heavy (non-hydrogen) atoms. The summed E-state index contributed by atoms with van der Waals surface area (Å²) in [5.74, 6) is 1.31. The molecule has 0 aliphatic carbocycles. The molecular weight excluding hydrogens is 204 g/mol. The molecule has 88 valence electrons. The van der Waals surface area contributed by atoms with Crippen LogP contribution in [0, 0.1) is 5.92 Å². The molecule has 2 rings (SSSR count). The van der Waals surface area contributed by atoms with Gasteiger partial charge in [0.15, 0.2) is 0 Å². The Balaban J connectivity index is 1.80. The van der Waals surface area contributed by atoms with Crippen LogP contribution in [-0.2, 0) is 4.74 Å². The number of nitrogens with zero attached hydrogens (tertiary/aromatic N) is 1. The van der Waals surface area contributed by atoms with Crippen molar-refractivity contribution >= 4 is 5.69 Å². The first-order valence-corrected chi connectivity index (χ1v) is 5.79. The summed E-state index contributed by atoms with van der Waals surface area (Å²) in [5.41, 5.74) is 1.04. The number of anilines is 1. The van der Waals surface area contributed by atoms with E-state index in [2.05, 4.69) is 10.3 Å². The van der Waals surface area contributed by atoms with E-state index in [0.29, 0.717) is 18.4 Å². The lowest BCUT2D eigenvalue weighted by molar-refractivity contribution is 0.187. The lowest BCUT2D eigenvalue weighted by Gasteiger charge is -2.10. The Bertz CT molecular complexity index is 307. The summed E-state index contributed by atoms with van der Waals surface area (Å²) >= 11 is 0. The van der Waals surface area contributed by atoms with Gasteiger partial charge in [0, 0.05) is 25.1 Å². The van der Waals surface area contributed by atoms with Gasteiger partial charge in [0.25, 0.3) is 0 Å². The minimum Gasteiger partial charge on any atom is -0.478 e. The minimum atomic E-state index is 0.631. The number of pyridine rings is 1. The zero-order valence-corrected chi connectivity index (χ0v) is 9.61. The molecule has 0 saturated carbocycles. The Morgan fingerprint density at radius 1 is 1.56 bits per heavy atom. The normalized spacial score (nSPS) is 19.7. The number of aromatic nitrogens is 1. The standard InChI is InChI=1S/C12H18N2O2/c1-2-16-12-4-3-11(8-14-12)13-7-10-5-6-15-9-10/h3-4,8,10,13H,2,5-7,9H2,1H3. The van der Waals surface area contributed by atoms with Crippen molar-refractivity contribution in [2.45, 2.75) is 13.3 Å². The van der Waals surface area contributed by atoms with Crippen molar-refractivity contribution in [3.05, 3.63) is 18.3 Å². The Morgan fingerprint density at radius 2 is 2.50 bits per heavy atom. The van der Waals surface area contributed by atoms with Gasteiger partial charge in [0.2, 0.25) is 5.88 Å². The van der Waals surface area contributed by atoms with E-state index < -0.39 is 0 Å². The van der Waals surface area contributed by atoms with Crippen LogP contribution < -0.4 is 10.1 Å². The Kier molecular flexibility index (Phi) is 3.99. The molecule has 1 unspecified atom stereocenters. The maximum absolute atomic E-state index is 5.32. The second-order valence-electron chi connectivity index (χ2n) is 3.93. The van der Waals surface area contributed by atoms with Crippen molar-refractivity contribution in [3.8, 4) is 5.88 Å². The molecule has 1 atom stereocenters. The fourth-order valence-electron chi connectivity index (χ4n) is 1.72. The third kappa shape index (κ3) is 3.10. The zero-order valence-electron chi connectivity index (χ0n) is 9.61. The summed E-state index contributed by atoms with van der Waals surface area (Å²) < 4.78 is 10.6. The van der Waals surface area contributed by atoms with Gasteiger partial charge < -0.3 is 14.8 Å². The molecule has 1 fully saturated rings. The smallest absolute Gasteiger partial charge is 0.213 e. The van der Waals surface area contributed by atoms with Crippen LogP contribution in [0.4, 0.5) is 5.69 Å². The van der Waals surface area contributed by atoms with Crippen LogP contribution in [0.3, 0.4) is 0 Å². The largest absolute Gasteiger partial charge is 0.478 e. The van der Waals surface area contributed by atoms with Crippen LogP contribution in [0.2, 0.25) is 0 Å². The van der Waals surface area contributed by atoms with Crippen LogP contribution in [0.15, 0.2) is 18.3 Å². The van der Waals surface area contributed by atoms with E-state index in [9.17, 15) is 0 Å². The fourth-order valence-corrected chi connectivity index (χ4v) is 1.72. The molecule has 1 saturated heterocycles. The summed E-state index contributed by atoms with van der Waals surface area (Å²) in [6.45, 7) is 5.33. The second kappa shape index (κ2) is 5.70. The van der Waals surface area contributed by atoms with Crippen LogP contribution in [0.5, 0.6) is 5.88 Å². The molecule has 4 heteroatoms.